The van der Waals surface area contributed by atoms with Crippen molar-refractivity contribution in [2.24, 2.45) is 0 Å². The fourth-order valence-electron chi connectivity index (χ4n) is 4.40. The van der Waals surface area contributed by atoms with Gasteiger partial charge in [-0.15, -0.1) is 0 Å². The van der Waals surface area contributed by atoms with Crippen LogP contribution >= 0.6 is 12.2 Å². The number of rotatable bonds is 7. The highest BCUT2D eigenvalue weighted by Crippen LogP contribution is 2.35. The maximum Gasteiger partial charge on any atom is 0.166 e. The number of quaternary nitrogens is 1. The Morgan fingerprint density at radius 3 is 2.47 bits per heavy atom. The van der Waals surface area contributed by atoms with Gasteiger partial charge in [0.1, 0.15) is 12.6 Å². The van der Waals surface area contributed by atoms with Crippen LogP contribution in [-0.4, -0.2) is 38.5 Å². The molecular formula is C24H34N3O2S+. The van der Waals surface area contributed by atoms with Crippen LogP contribution in [0.3, 0.4) is 0 Å². The van der Waals surface area contributed by atoms with Gasteiger partial charge in [-0.05, 0) is 50.7 Å². The molecule has 2 aromatic carbocycles. The molecule has 0 aromatic heterocycles. The third kappa shape index (κ3) is 5.05. The number of ether oxygens (including phenoxy) is 2. The Hall–Kier alpha value is -2.31. The fourth-order valence-corrected chi connectivity index (χ4v) is 4.73. The summed E-state index contributed by atoms with van der Waals surface area (Å²) in [4.78, 5) is 1.53. The monoisotopic (exact) mass is 428 g/mol. The minimum atomic E-state index is 0.161. The van der Waals surface area contributed by atoms with E-state index in [-0.39, 0.29) is 12.1 Å². The van der Waals surface area contributed by atoms with E-state index in [2.05, 4.69) is 67.8 Å². The van der Waals surface area contributed by atoms with Crippen molar-refractivity contribution >= 4 is 17.3 Å². The Morgan fingerprint density at radius 2 is 1.83 bits per heavy atom. The Bertz CT molecular complexity index is 869. The molecule has 30 heavy (non-hydrogen) atoms. The van der Waals surface area contributed by atoms with Crippen LogP contribution in [0.1, 0.15) is 42.1 Å². The second-order valence-electron chi connectivity index (χ2n) is 8.00. The van der Waals surface area contributed by atoms with Crippen molar-refractivity contribution in [3.05, 3.63) is 58.7 Å². The van der Waals surface area contributed by atoms with E-state index in [9.17, 15) is 0 Å². The van der Waals surface area contributed by atoms with Crippen LogP contribution < -0.4 is 25.0 Å². The third-order valence-corrected chi connectivity index (χ3v) is 6.15. The normalized spacial score (nSPS) is 18.8. The predicted octanol–water partition coefficient (Wildman–Crippen LogP) is 2.57. The van der Waals surface area contributed by atoms with E-state index in [0.717, 1.165) is 37.6 Å². The van der Waals surface area contributed by atoms with Crippen LogP contribution in [0.2, 0.25) is 0 Å². The predicted molar refractivity (Wildman–Crippen MR) is 126 cm³/mol. The molecule has 1 heterocycles. The largest absolute Gasteiger partial charge is 0.493 e. The molecule has 6 heteroatoms. The summed E-state index contributed by atoms with van der Waals surface area (Å²) in [6.07, 6.45) is 1.01. The van der Waals surface area contributed by atoms with Gasteiger partial charge in [0.25, 0.3) is 0 Å². The molecule has 162 valence electrons. The molecule has 0 amide bonds. The lowest BCUT2D eigenvalue weighted by Gasteiger charge is -2.38. The van der Waals surface area contributed by atoms with E-state index in [4.69, 9.17) is 21.7 Å². The number of thiocarbonyl (C=S) groups is 1. The van der Waals surface area contributed by atoms with Crippen LogP contribution in [0, 0.1) is 6.92 Å². The molecule has 1 unspecified atom stereocenters. The lowest BCUT2D eigenvalue weighted by Crippen LogP contribution is -3.13. The van der Waals surface area contributed by atoms with Gasteiger partial charge >= 0.3 is 0 Å². The summed E-state index contributed by atoms with van der Waals surface area (Å²) in [6.45, 7) is 9.24. The van der Waals surface area contributed by atoms with E-state index < -0.39 is 0 Å². The quantitative estimate of drug-likeness (QED) is 0.592. The fraction of sp³-hybridized carbons (Fsp3) is 0.458. The standard InChI is InChI=1S/C24H33N3O2S/c1-6-25-24(30)26-17(3)23-20-14-22(29-5)21(28-4)13-19(20)11-12-27(23)15-18-9-7-16(2)8-10-18/h7-10,13-14,17,23H,6,11-12,15H2,1-5H3,(H2,25,26,30)/p+1/t17-,23-/m1/s1. The molecule has 0 fully saturated rings. The molecule has 0 saturated carbocycles. The molecule has 2 aromatic rings. The Labute approximate surface area is 185 Å². The molecule has 0 saturated heterocycles. The highest BCUT2D eigenvalue weighted by molar-refractivity contribution is 7.80. The second kappa shape index (κ2) is 10.1. The smallest absolute Gasteiger partial charge is 0.166 e. The van der Waals surface area contributed by atoms with Gasteiger partial charge in [0.05, 0.1) is 26.8 Å². The number of hydrogen-bond donors (Lipinski definition) is 3. The van der Waals surface area contributed by atoms with Crippen molar-refractivity contribution in [2.75, 3.05) is 27.3 Å². The molecule has 5 nitrogen and oxygen atoms in total. The zero-order valence-corrected chi connectivity index (χ0v) is 19.5. The average molecular weight is 429 g/mol. The van der Waals surface area contributed by atoms with Crippen molar-refractivity contribution in [1.29, 1.82) is 0 Å². The van der Waals surface area contributed by atoms with Gasteiger partial charge < -0.3 is 25.0 Å². The summed E-state index contributed by atoms with van der Waals surface area (Å²) < 4.78 is 11.2. The van der Waals surface area contributed by atoms with Crippen molar-refractivity contribution in [3.63, 3.8) is 0 Å². The van der Waals surface area contributed by atoms with E-state index in [1.165, 1.54) is 27.2 Å². The number of nitrogens with one attached hydrogen (secondary N) is 3. The average Bonchev–Trinajstić information content (AvgIpc) is 2.74. The third-order valence-electron chi connectivity index (χ3n) is 5.88. The number of hydrogen-bond acceptors (Lipinski definition) is 3. The zero-order valence-electron chi connectivity index (χ0n) is 18.7. The van der Waals surface area contributed by atoms with E-state index in [1.54, 1.807) is 14.2 Å². The summed E-state index contributed by atoms with van der Waals surface area (Å²) >= 11 is 5.49. The molecule has 0 bridgehead atoms. The first-order chi connectivity index (χ1) is 14.5. The van der Waals surface area contributed by atoms with E-state index >= 15 is 0 Å². The summed E-state index contributed by atoms with van der Waals surface area (Å²) in [6, 6.07) is 13.6. The second-order valence-corrected chi connectivity index (χ2v) is 8.41. The van der Waals surface area contributed by atoms with Gasteiger partial charge in [-0.3, -0.25) is 0 Å². The van der Waals surface area contributed by atoms with Crippen LogP contribution in [0.4, 0.5) is 0 Å². The first-order valence-electron chi connectivity index (χ1n) is 10.7. The maximum atomic E-state index is 5.62. The minimum absolute atomic E-state index is 0.161. The number of benzene rings is 2. The van der Waals surface area contributed by atoms with Crippen LogP contribution in [0.25, 0.3) is 0 Å². The van der Waals surface area contributed by atoms with Crippen LogP contribution in [-0.2, 0) is 13.0 Å². The lowest BCUT2D eigenvalue weighted by atomic mass is 9.87. The topological polar surface area (TPSA) is 47.0 Å². The molecule has 0 spiro atoms. The Balaban J connectivity index is 1.96. The first kappa shape index (κ1) is 22.4. The Morgan fingerprint density at radius 1 is 1.17 bits per heavy atom. The summed E-state index contributed by atoms with van der Waals surface area (Å²) in [5.41, 5.74) is 5.27. The number of methoxy groups -OCH3 is 2. The van der Waals surface area contributed by atoms with Gasteiger partial charge in [-0.25, -0.2) is 0 Å². The summed E-state index contributed by atoms with van der Waals surface area (Å²) in [5, 5.41) is 7.43. The molecular weight excluding hydrogens is 394 g/mol. The van der Waals surface area contributed by atoms with Crippen LogP contribution in [0.5, 0.6) is 11.5 Å². The van der Waals surface area contributed by atoms with Crippen molar-refractivity contribution in [2.45, 2.75) is 45.8 Å². The van der Waals surface area contributed by atoms with E-state index in [0.29, 0.717) is 5.11 Å². The first-order valence-corrected chi connectivity index (χ1v) is 11.1. The summed E-state index contributed by atoms with van der Waals surface area (Å²) in [5.74, 6) is 1.57. The molecule has 1 aliphatic rings. The highest BCUT2D eigenvalue weighted by Gasteiger charge is 2.36. The molecule has 3 rings (SSSR count). The molecule has 0 aliphatic carbocycles. The maximum absolute atomic E-state index is 5.62. The molecule has 0 radical (unpaired) electrons. The SMILES string of the molecule is CCNC(=S)N[C@H](C)[C@@H]1c2cc(OC)c(OC)cc2CC[NH+]1Cc1ccc(C)cc1. The van der Waals surface area contributed by atoms with Crippen molar-refractivity contribution < 1.29 is 14.4 Å². The highest BCUT2D eigenvalue weighted by atomic mass is 32.1. The van der Waals surface area contributed by atoms with Gasteiger partial charge in [0.15, 0.2) is 16.6 Å². The van der Waals surface area contributed by atoms with Gasteiger partial charge in [0, 0.05) is 24.1 Å². The minimum Gasteiger partial charge on any atom is -0.493 e. The zero-order chi connectivity index (χ0) is 21.7. The number of aryl methyl sites for hydroxylation is 1. The van der Waals surface area contributed by atoms with E-state index in [1.807, 2.05) is 0 Å². The molecule has 1 aliphatic heterocycles. The number of fused-ring (bicyclic) bond motifs is 1. The lowest BCUT2D eigenvalue weighted by molar-refractivity contribution is -0.948. The van der Waals surface area contributed by atoms with Gasteiger partial charge in [-0.2, -0.15) is 0 Å². The van der Waals surface area contributed by atoms with Crippen molar-refractivity contribution in [3.8, 4) is 11.5 Å². The van der Waals surface area contributed by atoms with Crippen LogP contribution in [0.15, 0.2) is 36.4 Å². The molecule has 3 N–H and O–H groups in total. The Kier molecular flexibility index (Phi) is 7.56. The molecule has 3 atom stereocenters. The van der Waals surface area contributed by atoms with Crippen molar-refractivity contribution in [1.82, 2.24) is 10.6 Å². The van der Waals surface area contributed by atoms with Gasteiger partial charge in [-0.1, -0.05) is 29.8 Å². The van der Waals surface area contributed by atoms with Gasteiger partial charge in [0.2, 0.25) is 0 Å². The summed E-state index contributed by atoms with van der Waals surface area (Å²) in [7, 11) is 3.39.